The molecule has 1 amide bonds. The Hall–Kier alpha value is -2.66. The number of carbonyl (C=O) groups is 1. The summed E-state index contributed by atoms with van der Waals surface area (Å²) in [5.41, 5.74) is 5.86. The summed E-state index contributed by atoms with van der Waals surface area (Å²) in [5.74, 6) is 0.693. The van der Waals surface area contributed by atoms with Crippen molar-refractivity contribution in [1.29, 1.82) is 0 Å². The molecule has 1 fully saturated rings. The number of aryl methyl sites for hydroxylation is 1. The number of hydrogen-bond donors (Lipinski definition) is 2. The minimum atomic E-state index is -0.111. The number of benzene rings is 2. The first-order valence-corrected chi connectivity index (χ1v) is 10.0. The molecule has 2 aromatic carbocycles. The van der Waals surface area contributed by atoms with Crippen molar-refractivity contribution in [3.05, 3.63) is 65.2 Å². The van der Waals surface area contributed by atoms with Crippen molar-refractivity contribution >= 4 is 12.1 Å². The lowest BCUT2D eigenvalue weighted by Crippen LogP contribution is -2.38. The number of nitrogens with one attached hydrogen (secondary N) is 2. The predicted molar refractivity (Wildman–Crippen MR) is 113 cm³/mol. The first kappa shape index (κ1) is 20.1. The maximum Gasteiger partial charge on any atom is 0.254 e. The van der Waals surface area contributed by atoms with Gasteiger partial charge in [-0.3, -0.25) is 4.79 Å². The fourth-order valence-corrected chi connectivity index (χ4v) is 3.26. The second-order valence-corrected chi connectivity index (χ2v) is 7.35. The van der Waals surface area contributed by atoms with Crippen molar-refractivity contribution < 1.29 is 9.53 Å². The second-order valence-electron chi connectivity index (χ2n) is 7.35. The molecular weight excluding hydrogens is 350 g/mol. The largest absolute Gasteiger partial charge is 0.489 e. The van der Waals surface area contributed by atoms with Gasteiger partial charge in [-0.05, 0) is 55.2 Å². The third-order valence-corrected chi connectivity index (χ3v) is 4.97. The quantitative estimate of drug-likeness (QED) is 0.539. The van der Waals surface area contributed by atoms with Crippen molar-refractivity contribution in [2.24, 2.45) is 5.10 Å². The smallest absolute Gasteiger partial charge is 0.254 e. The molecule has 0 saturated heterocycles. The average molecular weight is 380 g/mol. The summed E-state index contributed by atoms with van der Waals surface area (Å²) in [5, 5.41) is 7.34. The molecule has 3 rings (SSSR count). The van der Waals surface area contributed by atoms with E-state index in [1.807, 2.05) is 24.3 Å². The molecular formula is C23H29N3O2. The summed E-state index contributed by atoms with van der Waals surface area (Å²) >= 11 is 0. The summed E-state index contributed by atoms with van der Waals surface area (Å²) < 4.78 is 5.80. The Morgan fingerprint density at radius 1 is 1.07 bits per heavy atom. The molecule has 2 N–H and O–H groups in total. The van der Waals surface area contributed by atoms with E-state index in [1.165, 1.54) is 24.8 Å². The average Bonchev–Trinajstić information content (AvgIpc) is 2.73. The van der Waals surface area contributed by atoms with Crippen LogP contribution in [0.15, 0.2) is 53.6 Å². The number of hydrazone groups is 1. The van der Waals surface area contributed by atoms with Crippen molar-refractivity contribution in [1.82, 2.24) is 10.7 Å². The van der Waals surface area contributed by atoms with Gasteiger partial charge in [0.1, 0.15) is 12.4 Å². The normalized spacial score (nSPS) is 14.9. The molecule has 0 atom stereocenters. The van der Waals surface area contributed by atoms with Gasteiger partial charge in [-0.1, -0.05) is 49.1 Å². The van der Waals surface area contributed by atoms with Crippen LogP contribution in [0.5, 0.6) is 5.75 Å². The summed E-state index contributed by atoms with van der Waals surface area (Å²) in [4.78, 5) is 11.9. The van der Waals surface area contributed by atoms with E-state index in [2.05, 4.69) is 47.0 Å². The molecule has 1 aliphatic carbocycles. The van der Waals surface area contributed by atoms with Gasteiger partial charge in [-0.25, -0.2) is 5.43 Å². The first-order valence-electron chi connectivity index (χ1n) is 10.0. The van der Waals surface area contributed by atoms with Gasteiger partial charge in [0.05, 0.1) is 12.8 Å². The van der Waals surface area contributed by atoms with Gasteiger partial charge in [0.2, 0.25) is 0 Å². The van der Waals surface area contributed by atoms with E-state index < -0.39 is 0 Å². The van der Waals surface area contributed by atoms with Crippen molar-refractivity contribution in [2.75, 3.05) is 6.54 Å². The maximum absolute atomic E-state index is 11.9. The van der Waals surface area contributed by atoms with E-state index in [1.54, 1.807) is 6.21 Å². The Bertz CT molecular complexity index is 763. The highest BCUT2D eigenvalue weighted by Crippen LogP contribution is 2.17. The summed E-state index contributed by atoms with van der Waals surface area (Å²) in [6.07, 6.45) is 7.78. The second kappa shape index (κ2) is 10.6. The summed E-state index contributed by atoms with van der Waals surface area (Å²) in [7, 11) is 0. The number of amides is 1. The molecule has 148 valence electrons. The highest BCUT2D eigenvalue weighted by atomic mass is 16.5. The third-order valence-electron chi connectivity index (χ3n) is 4.97. The highest BCUT2D eigenvalue weighted by Gasteiger charge is 2.13. The van der Waals surface area contributed by atoms with Crippen LogP contribution in [-0.4, -0.2) is 24.7 Å². The fourth-order valence-electron chi connectivity index (χ4n) is 3.26. The topological polar surface area (TPSA) is 62.7 Å². The Morgan fingerprint density at radius 2 is 1.79 bits per heavy atom. The Balaban J connectivity index is 1.38. The van der Waals surface area contributed by atoms with Gasteiger partial charge >= 0.3 is 0 Å². The minimum Gasteiger partial charge on any atom is -0.489 e. The van der Waals surface area contributed by atoms with Gasteiger partial charge in [-0.15, -0.1) is 0 Å². The number of hydrogen-bond acceptors (Lipinski definition) is 4. The molecule has 0 bridgehead atoms. The van der Waals surface area contributed by atoms with Crippen molar-refractivity contribution in [3.63, 3.8) is 0 Å². The molecule has 5 nitrogen and oxygen atoms in total. The van der Waals surface area contributed by atoms with Crippen LogP contribution in [0.25, 0.3) is 0 Å². The molecule has 1 saturated carbocycles. The van der Waals surface area contributed by atoms with Crippen molar-refractivity contribution in [3.8, 4) is 5.75 Å². The molecule has 1 aliphatic rings. The zero-order chi connectivity index (χ0) is 19.6. The molecule has 0 spiro atoms. The number of nitrogens with zero attached hydrogens (tertiary/aromatic N) is 1. The zero-order valence-electron chi connectivity index (χ0n) is 16.5. The van der Waals surface area contributed by atoms with E-state index in [4.69, 9.17) is 4.74 Å². The van der Waals surface area contributed by atoms with Gasteiger partial charge in [0, 0.05) is 6.04 Å². The minimum absolute atomic E-state index is 0.111. The molecule has 0 unspecified atom stereocenters. The van der Waals surface area contributed by atoms with Crippen LogP contribution in [0, 0.1) is 6.92 Å². The number of rotatable bonds is 8. The highest BCUT2D eigenvalue weighted by molar-refractivity contribution is 5.83. The van der Waals surface area contributed by atoms with Crippen LogP contribution in [0.2, 0.25) is 0 Å². The standard InChI is InChI=1S/C23H29N3O2/c1-18-7-9-20(10-8-18)17-28-22-13-11-19(12-14-22)15-25-26-23(27)16-24-21-5-3-2-4-6-21/h7-15,21,24H,2-6,16-17H2,1H3,(H,26,27)/b25-15-. The van der Waals surface area contributed by atoms with E-state index in [-0.39, 0.29) is 5.91 Å². The summed E-state index contributed by atoms with van der Waals surface area (Å²) in [6, 6.07) is 16.4. The van der Waals surface area contributed by atoms with Gasteiger partial charge in [0.25, 0.3) is 5.91 Å². The van der Waals surface area contributed by atoms with Gasteiger partial charge in [-0.2, -0.15) is 5.10 Å². The molecule has 0 aromatic heterocycles. The van der Waals surface area contributed by atoms with Crippen LogP contribution < -0.4 is 15.5 Å². The van der Waals surface area contributed by atoms with E-state index in [0.717, 1.165) is 29.7 Å². The van der Waals surface area contributed by atoms with Crippen molar-refractivity contribution in [2.45, 2.75) is 51.7 Å². The lowest BCUT2D eigenvalue weighted by molar-refractivity contribution is -0.120. The Labute approximate surface area is 167 Å². The number of ether oxygens (including phenoxy) is 1. The summed E-state index contributed by atoms with van der Waals surface area (Å²) in [6.45, 7) is 2.92. The zero-order valence-corrected chi connectivity index (χ0v) is 16.5. The lowest BCUT2D eigenvalue weighted by atomic mass is 9.95. The molecule has 28 heavy (non-hydrogen) atoms. The third kappa shape index (κ3) is 6.82. The molecule has 0 aliphatic heterocycles. The molecule has 0 radical (unpaired) electrons. The molecule has 2 aromatic rings. The van der Waals surface area contributed by atoms with Crippen LogP contribution in [0.1, 0.15) is 48.8 Å². The van der Waals surface area contributed by atoms with Crippen LogP contribution in [-0.2, 0) is 11.4 Å². The Kier molecular flexibility index (Phi) is 7.62. The molecule has 0 heterocycles. The number of carbonyl (C=O) groups excluding carboxylic acids is 1. The van der Waals surface area contributed by atoms with Gasteiger partial charge in [0.15, 0.2) is 0 Å². The van der Waals surface area contributed by atoms with Gasteiger partial charge < -0.3 is 10.1 Å². The van der Waals surface area contributed by atoms with E-state index in [9.17, 15) is 4.79 Å². The Morgan fingerprint density at radius 3 is 2.50 bits per heavy atom. The monoisotopic (exact) mass is 379 g/mol. The molecule has 5 heteroatoms. The van der Waals surface area contributed by atoms with Crippen LogP contribution >= 0.6 is 0 Å². The van der Waals surface area contributed by atoms with E-state index >= 15 is 0 Å². The van der Waals surface area contributed by atoms with Crippen LogP contribution in [0.3, 0.4) is 0 Å². The predicted octanol–water partition coefficient (Wildman–Crippen LogP) is 3.95. The lowest BCUT2D eigenvalue weighted by Gasteiger charge is -2.22. The maximum atomic E-state index is 11.9. The van der Waals surface area contributed by atoms with Crippen LogP contribution in [0.4, 0.5) is 0 Å². The van der Waals surface area contributed by atoms with E-state index in [0.29, 0.717) is 19.2 Å². The SMILES string of the molecule is Cc1ccc(COc2ccc(/C=N\NC(=O)CNC3CCCCC3)cc2)cc1. The first-order chi connectivity index (χ1) is 13.7. The fraction of sp³-hybridized carbons (Fsp3) is 0.391.